The number of benzene rings is 1. The van der Waals surface area contributed by atoms with Gasteiger partial charge in [0.15, 0.2) is 0 Å². The lowest BCUT2D eigenvalue weighted by atomic mass is 10.1. The van der Waals surface area contributed by atoms with Gasteiger partial charge in [-0.05, 0) is 17.7 Å². The van der Waals surface area contributed by atoms with Gasteiger partial charge in [0.2, 0.25) is 0 Å². The molecule has 2 aromatic rings. The third-order valence-corrected chi connectivity index (χ3v) is 2.44. The minimum atomic E-state index is -0.158. The van der Waals surface area contributed by atoms with Gasteiger partial charge in [-0.15, -0.1) is 0 Å². The van der Waals surface area contributed by atoms with E-state index < -0.39 is 0 Å². The molecule has 0 radical (unpaired) electrons. The number of fused-ring (bicyclic) bond motifs is 1. The van der Waals surface area contributed by atoms with Gasteiger partial charge in [-0.25, -0.2) is 4.39 Å². The SMILES string of the molecule is CC(C)NCc1c[nH]c2cccc(F)c12. The summed E-state index contributed by atoms with van der Waals surface area (Å²) in [7, 11) is 0. The third-order valence-electron chi connectivity index (χ3n) is 2.44. The smallest absolute Gasteiger partial charge is 0.132 e. The van der Waals surface area contributed by atoms with E-state index in [9.17, 15) is 4.39 Å². The zero-order valence-corrected chi connectivity index (χ0v) is 8.97. The average molecular weight is 206 g/mol. The predicted octanol–water partition coefficient (Wildman–Crippen LogP) is 2.81. The van der Waals surface area contributed by atoms with Crippen molar-refractivity contribution in [1.82, 2.24) is 10.3 Å². The van der Waals surface area contributed by atoms with E-state index in [0.717, 1.165) is 11.1 Å². The van der Waals surface area contributed by atoms with Gasteiger partial charge in [0, 0.05) is 29.7 Å². The summed E-state index contributed by atoms with van der Waals surface area (Å²) in [5.41, 5.74) is 1.84. The van der Waals surface area contributed by atoms with E-state index in [2.05, 4.69) is 24.1 Å². The molecule has 0 saturated heterocycles. The summed E-state index contributed by atoms with van der Waals surface area (Å²) in [5, 5.41) is 3.98. The fourth-order valence-corrected chi connectivity index (χ4v) is 1.66. The van der Waals surface area contributed by atoms with Crippen LogP contribution in [0.25, 0.3) is 10.9 Å². The molecule has 15 heavy (non-hydrogen) atoms. The number of hydrogen-bond donors (Lipinski definition) is 2. The van der Waals surface area contributed by atoms with Crippen LogP contribution < -0.4 is 5.32 Å². The van der Waals surface area contributed by atoms with Gasteiger partial charge in [0.1, 0.15) is 5.82 Å². The quantitative estimate of drug-likeness (QED) is 0.794. The second-order valence-electron chi connectivity index (χ2n) is 4.01. The van der Waals surface area contributed by atoms with E-state index in [0.29, 0.717) is 18.0 Å². The normalized spacial score (nSPS) is 11.5. The molecule has 0 unspecified atom stereocenters. The van der Waals surface area contributed by atoms with Crippen LogP contribution in [0.3, 0.4) is 0 Å². The second kappa shape index (κ2) is 4.03. The second-order valence-corrected chi connectivity index (χ2v) is 4.01. The molecule has 2 N–H and O–H groups in total. The molecule has 0 amide bonds. The van der Waals surface area contributed by atoms with Gasteiger partial charge < -0.3 is 10.3 Å². The van der Waals surface area contributed by atoms with E-state index in [1.165, 1.54) is 6.07 Å². The van der Waals surface area contributed by atoms with Crippen molar-refractivity contribution in [2.75, 3.05) is 0 Å². The van der Waals surface area contributed by atoms with Crippen LogP contribution in [0, 0.1) is 5.82 Å². The first kappa shape index (κ1) is 10.2. The van der Waals surface area contributed by atoms with Crippen molar-refractivity contribution in [2.24, 2.45) is 0 Å². The number of nitrogens with one attached hydrogen (secondary N) is 2. The van der Waals surface area contributed by atoms with Crippen LogP contribution in [0.2, 0.25) is 0 Å². The highest BCUT2D eigenvalue weighted by Gasteiger charge is 2.07. The van der Waals surface area contributed by atoms with E-state index in [4.69, 9.17) is 0 Å². The van der Waals surface area contributed by atoms with Crippen LogP contribution in [0.1, 0.15) is 19.4 Å². The molecule has 0 fully saturated rings. The van der Waals surface area contributed by atoms with Gasteiger partial charge in [0.05, 0.1) is 0 Å². The van der Waals surface area contributed by atoms with Crippen molar-refractivity contribution < 1.29 is 4.39 Å². The fourth-order valence-electron chi connectivity index (χ4n) is 1.66. The molecule has 0 saturated carbocycles. The van der Waals surface area contributed by atoms with Gasteiger partial charge in [-0.1, -0.05) is 19.9 Å². The first-order valence-corrected chi connectivity index (χ1v) is 5.16. The Morgan fingerprint density at radius 3 is 2.93 bits per heavy atom. The minimum Gasteiger partial charge on any atom is -0.361 e. The van der Waals surface area contributed by atoms with Crippen LogP contribution in [-0.2, 0) is 6.54 Å². The average Bonchev–Trinajstić information content (AvgIpc) is 2.59. The zero-order valence-electron chi connectivity index (χ0n) is 8.97. The van der Waals surface area contributed by atoms with Crippen molar-refractivity contribution in [2.45, 2.75) is 26.4 Å². The van der Waals surface area contributed by atoms with Crippen molar-refractivity contribution in [3.63, 3.8) is 0 Å². The van der Waals surface area contributed by atoms with E-state index >= 15 is 0 Å². The summed E-state index contributed by atoms with van der Waals surface area (Å²) in [6.45, 7) is 4.84. The van der Waals surface area contributed by atoms with Crippen LogP contribution in [0.5, 0.6) is 0 Å². The maximum atomic E-state index is 13.6. The van der Waals surface area contributed by atoms with Gasteiger partial charge in [-0.2, -0.15) is 0 Å². The fraction of sp³-hybridized carbons (Fsp3) is 0.333. The Morgan fingerprint density at radius 1 is 1.40 bits per heavy atom. The number of hydrogen-bond acceptors (Lipinski definition) is 1. The Morgan fingerprint density at radius 2 is 2.20 bits per heavy atom. The molecular formula is C12H15FN2. The Labute approximate surface area is 88.5 Å². The lowest BCUT2D eigenvalue weighted by molar-refractivity contribution is 0.588. The number of rotatable bonds is 3. The highest BCUT2D eigenvalue weighted by atomic mass is 19.1. The third kappa shape index (κ3) is 2.02. The molecule has 0 atom stereocenters. The molecule has 2 nitrogen and oxygen atoms in total. The summed E-state index contributed by atoms with van der Waals surface area (Å²) in [6, 6.07) is 5.50. The predicted molar refractivity (Wildman–Crippen MR) is 60.2 cm³/mol. The van der Waals surface area contributed by atoms with Crippen molar-refractivity contribution in [3.8, 4) is 0 Å². The molecule has 0 aliphatic carbocycles. The number of aromatic nitrogens is 1. The molecule has 1 aromatic heterocycles. The molecule has 3 heteroatoms. The monoisotopic (exact) mass is 206 g/mol. The molecule has 80 valence electrons. The minimum absolute atomic E-state index is 0.158. The van der Waals surface area contributed by atoms with E-state index in [1.54, 1.807) is 6.07 Å². The van der Waals surface area contributed by atoms with E-state index in [-0.39, 0.29) is 5.82 Å². The Bertz CT molecular complexity index is 460. The lowest BCUT2D eigenvalue weighted by Gasteiger charge is -2.06. The summed E-state index contributed by atoms with van der Waals surface area (Å²) in [4.78, 5) is 3.07. The molecule has 1 heterocycles. The van der Waals surface area contributed by atoms with Crippen LogP contribution >= 0.6 is 0 Å². The van der Waals surface area contributed by atoms with Crippen LogP contribution in [0.15, 0.2) is 24.4 Å². The molecule has 0 spiro atoms. The largest absolute Gasteiger partial charge is 0.361 e. The number of halogens is 1. The number of aromatic amines is 1. The molecule has 1 aromatic carbocycles. The summed E-state index contributed by atoms with van der Waals surface area (Å²) < 4.78 is 13.6. The Kier molecular flexibility index (Phi) is 2.73. The van der Waals surface area contributed by atoms with Gasteiger partial charge in [0.25, 0.3) is 0 Å². The van der Waals surface area contributed by atoms with Gasteiger partial charge >= 0.3 is 0 Å². The van der Waals surface area contributed by atoms with Crippen molar-refractivity contribution in [1.29, 1.82) is 0 Å². The maximum Gasteiger partial charge on any atom is 0.132 e. The first-order valence-electron chi connectivity index (χ1n) is 5.16. The number of H-pyrrole nitrogens is 1. The molecule has 2 rings (SSSR count). The highest BCUT2D eigenvalue weighted by Crippen LogP contribution is 2.21. The summed E-state index contributed by atoms with van der Waals surface area (Å²) in [5.74, 6) is -0.158. The van der Waals surface area contributed by atoms with Gasteiger partial charge in [-0.3, -0.25) is 0 Å². The lowest BCUT2D eigenvalue weighted by Crippen LogP contribution is -2.21. The standard InChI is InChI=1S/C12H15FN2/c1-8(2)14-6-9-7-15-11-5-3-4-10(13)12(9)11/h3-5,7-8,14-15H,6H2,1-2H3. The van der Waals surface area contributed by atoms with Crippen molar-refractivity contribution in [3.05, 3.63) is 35.8 Å². The van der Waals surface area contributed by atoms with E-state index in [1.807, 2.05) is 12.3 Å². The Balaban J connectivity index is 2.35. The molecule has 0 aliphatic rings. The summed E-state index contributed by atoms with van der Waals surface area (Å²) in [6.07, 6.45) is 1.86. The highest BCUT2D eigenvalue weighted by molar-refractivity contribution is 5.83. The summed E-state index contributed by atoms with van der Waals surface area (Å²) >= 11 is 0. The Hall–Kier alpha value is -1.35. The molecule has 0 bridgehead atoms. The molecular weight excluding hydrogens is 191 g/mol. The van der Waals surface area contributed by atoms with Crippen LogP contribution in [-0.4, -0.2) is 11.0 Å². The maximum absolute atomic E-state index is 13.6. The first-order chi connectivity index (χ1) is 7.18. The molecule has 0 aliphatic heterocycles. The topological polar surface area (TPSA) is 27.8 Å². The zero-order chi connectivity index (χ0) is 10.8. The van der Waals surface area contributed by atoms with Crippen LogP contribution in [0.4, 0.5) is 4.39 Å². The van der Waals surface area contributed by atoms with Crippen molar-refractivity contribution >= 4 is 10.9 Å².